The molecule has 3 atom stereocenters. The first kappa shape index (κ1) is 20.8. The van der Waals surface area contributed by atoms with Crippen LogP contribution in [0.3, 0.4) is 0 Å². The van der Waals surface area contributed by atoms with Crippen molar-refractivity contribution in [3.05, 3.63) is 11.3 Å². The van der Waals surface area contributed by atoms with Gasteiger partial charge >= 0.3 is 0 Å². The summed E-state index contributed by atoms with van der Waals surface area (Å²) >= 11 is 0. The molecule has 7 nitrogen and oxygen atoms in total. The molecule has 1 aromatic heterocycles. The number of hydrogen-bond acceptors (Lipinski definition) is 6. The zero-order valence-electron chi connectivity index (χ0n) is 18.0. The lowest BCUT2D eigenvalue weighted by atomic mass is 9.82. The van der Waals surface area contributed by atoms with Crippen molar-refractivity contribution in [3.8, 4) is 0 Å². The lowest BCUT2D eigenvalue weighted by Crippen LogP contribution is -2.45. The average molecular weight is 390 g/mol. The van der Waals surface area contributed by atoms with Crippen LogP contribution in [0, 0.1) is 5.92 Å². The largest absolute Gasteiger partial charge is 0.379 e. The molecule has 1 heterocycles. The minimum atomic E-state index is 0.00460. The van der Waals surface area contributed by atoms with Gasteiger partial charge in [0, 0.05) is 46.3 Å². The van der Waals surface area contributed by atoms with Gasteiger partial charge in [-0.15, -0.1) is 0 Å². The van der Waals surface area contributed by atoms with E-state index in [-0.39, 0.29) is 24.0 Å². The van der Waals surface area contributed by atoms with Gasteiger partial charge in [0.15, 0.2) is 0 Å². The maximum atomic E-state index is 12.6. The topological polar surface area (TPSA) is 70.6 Å². The van der Waals surface area contributed by atoms with Crippen LogP contribution in [-0.2, 0) is 22.4 Å². The van der Waals surface area contributed by atoms with Gasteiger partial charge in [0.25, 0.3) is 0 Å². The summed E-state index contributed by atoms with van der Waals surface area (Å²) in [7, 11) is 7.58. The molecular formula is C21H35N5O2. The molecule has 1 N–H and O–H groups in total. The van der Waals surface area contributed by atoms with Gasteiger partial charge in [-0.2, -0.15) is 4.98 Å². The van der Waals surface area contributed by atoms with Crippen LogP contribution in [0.2, 0.25) is 0 Å². The van der Waals surface area contributed by atoms with E-state index >= 15 is 0 Å². The number of nitrogens with zero attached hydrogens (tertiary/aromatic N) is 4. The number of rotatable bonds is 6. The van der Waals surface area contributed by atoms with Crippen LogP contribution in [0.15, 0.2) is 0 Å². The molecule has 1 fully saturated rings. The maximum Gasteiger partial charge on any atom is 0.227 e. The van der Waals surface area contributed by atoms with E-state index in [2.05, 4.69) is 5.32 Å². The van der Waals surface area contributed by atoms with E-state index in [4.69, 9.17) is 14.7 Å². The Balaban J connectivity index is 1.78. The number of fused-ring (bicyclic) bond motifs is 1. The molecule has 2 aliphatic rings. The zero-order valence-corrected chi connectivity index (χ0v) is 18.0. The van der Waals surface area contributed by atoms with Gasteiger partial charge in [0.1, 0.15) is 5.82 Å². The molecule has 2 aliphatic carbocycles. The lowest BCUT2D eigenvalue weighted by molar-refractivity contribution is -0.136. The highest BCUT2D eigenvalue weighted by Crippen LogP contribution is 2.33. The zero-order chi connectivity index (χ0) is 20.3. The lowest BCUT2D eigenvalue weighted by Gasteiger charge is -2.37. The van der Waals surface area contributed by atoms with E-state index in [9.17, 15) is 4.79 Å². The number of anilines is 2. The molecular weight excluding hydrogens is 354 g/mol. The first-order valence-electron chi connectivity index (χ1n) is 10.6. The fourth-order valence-corrected chi connectivity index (χ4v) is 4.32. The highest BCUT2D eigenvalue weighted by Gasteiger charge is 2.35. The normalized spacial score (nSPS) is 24.4. The van der Waals surface area contributed by atoms with Crippen molar-refractivity contribution in [2.24, 2.45) is 5.92 Å². The first-order valence-corrected chi connectivity index (χ1v) is 10.6. The summed E-state index contributed by atoms with van der Waals surface area (Å²) < 4.78 is 5.80. The Bertz CT molecular complexity index is 694. The summed E-state index contributed by atoms with van der Waals surface area (Å²) in [6, 6.07) is 0.164. The molecule has 3 rings (SSSR count). The predicted octanol–water partition coefficient (Wildman–Crippen LogP) is 2.50. The van der Waals surface area contributed by atoms with Crippen LogP contribution in [0.5, 0.6) is 0 Å². The second-order valence-electron chi connectivity index (χ2n) is 8.29. The summed E-state index contributed by atoms with van der Waals surface area (Å²) in [4.78, 5) is 25.9. The molecule has 1 aromatic rings. The van der Waals surface area contributed by atoms with Crippen molar-refractivity contribution in [3.63, 3.8) is 0 Å². The van der Waals surface area contributed by atoms with Gasteiger partial charge in [-0.05, 0) is 51.9 Å². The van der Waals surface area contributed by atoms with Crippen LogP contribution < -0.4 is 10.2 Å². The maximum absolute atomic E-state index is 12.6. The number of carbonyl (C=O) groups excluding carboxylic acids is 1. The number of carbonyl (C=O) groups is 1. The summed E-state index contributed by atoms with van der Waals surface area (Å²) in [6.07, 6.45) is 6.97. The second kappa shape index (κ2) is 9.07. The van der Waals surface area contributed by atoms with Gasteiger partial charge in [-0.1, -0.05) is 0 Å². The number of methoxy groups -OCH3 is 1. The molecule has 0 bridgehead atoms. The fraction of sp³-hybridized carbons (Fsp3) is 0.762. The van der Waals surface area contributed by atoms with E-state index in [1.165, 1.54) is 24.1 Å². The van der Waals surface area contributed by atoms with Gasteiger partial charge < -0.3 is 19.9 Å². The summed E-state index contributed by atoms with van der Waals surface area (Å²) in [5.74, 6) is 1.99. The number of nitrogens with one attached hydrogen (secondary N) is 1. The standard InChI is InChI=1S/C21H35N5O2/c1-6-26(4)20(27)14-11-12-17(18(13-14)28-5)22-19-15-9-7-8-10-16(15)23-21(24-19)25(2)3/h14,17-18H,6-13H2,1-5H3,(H,22,23,24)/t14-,17+,18+/m0/s1. The van der Waals surface area contributed by atoms with Crippen LogP contribution in [0.25, 0.3) is 0 Å². The van der Waals surface area contributed by atoms with E-state index < -0.39 is 0 Å². The van der Waals surface area contributed by atoms with E-state index in [0.29, 0.717) is 0 Å². The molecule has 1 amide bonds. The minimum Gasteiger partial charge on any atom is -0.379 e. The summed E-state index contributed by atoms with van der Waals surface area (Å²) in [6.45, 7) is 2.76. The smallest absolute Gasteiger partial charge is 0.227 e. The number of hydrogen-bond donors (Lipinski definition) is 1. The molecule has 1 saturated carbocycles. The Morgan fingerprint density at radius 3 is 2.61 bits per heavy atom. The number of aryl methyl sites for hydroxylation is 1. The first-order chi connectivity index (χ1) is 13.4. The third kappa shape index (κ3) is 4.40. The second-order valence-corrected chi connectivity index (χ2v) is 8.29. The number of aromatic nitrogens is 2. The monoisotopic (exact) mass is 389 g/mol. The van der Waals surface area contributed by atoms with Crippen molar-refractivity contribution in [2.75, 3.05) is 45.0 Å². The average Bonchev–Trinajstić information content (AvgIpc) is 2.72. The molecule has 7 heteroatoms. The van der Waals surface area contributed by atoms with Crippen molar-refractivity contribution in [1.29, 1.82) is 0 Å². The Labute approximate surface area is 168 Å². The third-order valence-electron chi connectivity index (χ3n) is 6.19. The van der Waals surface area contributed by atoms with Crippen molar-refractivity contribution in [1.82, 2.24) is 14.9 Å². The van der Waals surface area contributed by atoms with Crippen LogP contribution in [0.4, 0.5) is 11.8 Å². The van der Waals surface area contributed by atoms with Crippen LogP contribution >= 0.6 is 0 Å². The van der Waals surface area contributed by atoms with Crippen molar-refractivity contribution < 1.29 is 9.53 Å². The number of amides is 1. The molecule has 0 spiro atoms. The predicted molar refractivity (Wildman–Crippen MR) is 112 cm³/mol. The Kier molecular flexibility index (Phi) is 6.75. The van der Waals surface area contributed by atoms with Crippen LogP contribution in [-0.4, -0.2) is 67.7 Å². The Morgan fingerprint density at radius 1 is 1.18 bits per heavy atom. The minimum absolute atomic E-state index is 0.00460. The van der Waals surface area contributed by atoms with Gasteiger partial charge in [-0.25, -0.2) is 4.98 Å². The van der Waals surface area contributed by atoms with Crippen molar-refractivity contribution in [2.45, 2.75) is 64.0 Å². The number of ether oxygens (including phenoxy) is 1. The Morgan fingerprint density at radius 2 is 1.93 bits per heavy atom. The Hall–Kier alpha value is -1.89. The fourth-order valence-electron chi connectivity index (χ4n) is 4.32. The van der Waals surface area contributed by atoms with Crippen molar-refractivity contribution >= 4 is 17.7 Å². The van der Waals surface area contributed by atoms with Crippen LogP contribution in [0.1, 0.15) is 50.3 Å². The van der Waals surface area contributed by atoms with E-state index in [0.717, 1.165) is 50.4 Å². The molecule has 0 radical (unpaired) electrons. The van der Waals surface area contributed by atoms with E-state index in [1.807, 2.05) is 37.9 Å². The van der Waals surface area contributed by atoms with Gasteiger partial charge in [0.05, 0.1) is 17.8 Å². The molecule has 0 saturated heterocycles. The molecule has 0 aliphatic heterocycles. The summed E-state index contributed by atoms with van der Waals surface area (Å²) in [5.41, 5.74) is 2.44. The van der Waals surface area contributed by atoms with Gasteiger partial charge in [0.2, 0.25) is 11.9 Å². The highest BCUT2D eigenvalue weighted by molar-refractivity contribution is 5.78. The van der Waals surface area contributed by atoms with Gasteiger partial charge in [-0.3, -0.25) is 4.79 Å². The van der Waals surface area contributed by atoms with E-state index in [1.54, 1.807) is 7.11 Å². The quantitative estimate of drug-likeness (QED) is 0.806. The molecule has 0 unspecified atom stereocenters. The molecule has 28 heavy (non-hydrogen) atoms. The molecule has 156 valence electrons. The summed E-state index contributed by atoms with van der Waals surface area (Å²) in [5, 5.41) is 3.68. The third-order valence-corrected chi connectivity index (χ3v) is 6.19. The molecule has 0 aromatic carbocycles. The SMILES string of the molecule is CCN(C)C(=O)[C@H]1CC[C@@H](Nc2nc(N(C)C)nc3c2CCCC3)[C@H](OC)C1. The highest BCUT2D eigenvalue weighted by atomic mass is 16.5.